The van der Waals surface area contributed by atoms with Crippen molar-refractivity contribution in [3.8, 4) is 17.1 Å². The van der Waals surface area contributed by atoms with Crippen molar-refractivity contribution in [3.63, 3.8) is 0 Å². The van der Waals surface area contributed by atoms with Gasteiger partial charge in [-0.05, 0) is 77.8 Å². The van der Waals surface area contributed by atoms with Gasteiger partial charge in [-0.25, -0.2) is 14.6 Å². The van der Waals surface area contributed by atoms with Crippen LogP contribution in [0.4, 0.5) is 0 Å². The van der Waals surface area contributed by atoms with Crippen molar-refractivity contribution in [2.75, 3.05) is 13.7 Å². The van der Waals surface area contributed by atoms with Gasteiger partial charge in [0.25, 0.3) is 5.56 Å². The van der Waals surface area contributed by atoms with E-state index in [-0.39, 0.29) is 23.3 Å². The average Bonchev–Trinajstić information content (AvgIpc) is 3.52. The summed E-state index contributed by atoms with van der Waals surface area (Å²) < 4.78 is 19.1. The normalized spacial score (nSPS) is 15.0. The molecule has 1 aliphatic heterocycles. The van der Waals surface area contributed by atoms with Crippen molar-refractivity contribution >= 4 is 56.9 Å². The SMILES string of the molecule is CCOC(=O)C1=C(C)N=c2s/c(=C\c3ccc(-c4cc(C(=O)O)ccc4Cl)o3)c(=O)n2[C@H]1c1ccc(OC)c(Br)c1. The van der Waals surface area contributed by atoms with Crippen LogP contribution < -0.4 is 19.6 Å². The summed E-state index contributed by atoms with van der Waals surface area (Å²) >= 11 is 10.9. The lowest BCUT2D eigenvalue weighted by atomic mass is 9.96. The molecule has 2 aromatic heterocycles. The molecular formula is C29H22BrClN2O7S. The predicted octanol–water partition coefficient (Wildman–Crippen LogP) is 5.18. The lowest BCUT2D eigenvalue weighted by molar-refractivity contribution is -0.139. The number of nitrogens with zero attached hydrogens (tertiary/aromatic N) is 2. The number of esters is 1. The maximum atomic E-state index is 13.8. The number of rotatable bonds is 7. The monoisotopic (exact) mass is 656 g/mol. The van der Waals surface area contributed by atoms with Crippen molar-refractivity contribution in [1.29, 1.82) is 0 Å². The molecule has 0 spiro atoms. The number of carbonyl (C=O) groups is 2. The summed E-state index contributed by atoms with van der Waals surface area (Å²) in [5.41, 5.74) is 1.47. The maximum absolute atomic E-state index is 13.8. The van der Waals surface area contributed by atoms with Crippen LogP contribution in [-0.4, -0.2) is 35.3 Å². The first kappa shape index (κ1) is 28.6. The number of carbonyl (C=O) groups excluding carboxylic acids is 1. The Morgan fingerprint density at radius 2 is 2.00 bits per heavy atom. The number of ether oxygens (including phenoxy) is 2. The van der Waals surface area contributed by atoms with Gasteiger partial charge in [-0.2, -0.15) is 0 Å². The Balaban J connectivity index is 1.64. The number of aromatic nitrogens is 1. The fraction of sp³-hybridized carbons (Fsp3) is 0.172. The van der Waals surface area contributed by atoms with Crippen LogP contribution in [0.1, 0.15) is 41.6 Å². The molecule has 1 atom stereocenters. The minimum atomic E-state index is -1.09. The minimum Gasteiger partial charge on any atom is -0.496 e. The van der Waals surface area contributed by atoms with Gasteiger partial charge >= 0.3 is 11.9 Å². The molecule has 0 saturated heterocycles. The number of fused-ring (bicyclic) bond motifs is 1. The molecule has 0 saturated carbocycles. The van der Waals surface area contributed by atoms with Gasteiger partial charge < -0.3 is 19.0 Å². The molecule has 2 aromatic carbocycles. The van der Waals surface area contributed by atoms with Gasteiger partial charge in [-0.1, -0.05) is 29.0 Å². The zero-order chi connectivity index (χ0) is 29.4. The van der Waals surface area contributed by atoms with Gasteiger partial charge in [0.15, 0.2) is 4.80 Å². The number of carboxylic acid groups (broad SMARTS) is 1. The highest BCUT2D eigenvalue weighted by Gasteiger charge is 2.33. The van der Waals surface area contributed by atoms with E-state index in [0.717, 1.165) is 11.3 Å². The number of furan rings is 1. The fourth-order valence-electron chi connectivity index (χ4n) is 4.51. The second-order valence-electron chi connectivity index (χ2n) is 8.90. The van der Waals surface area contributed by atoms with E-state index in [1.54, 1.807) is 57.4 Å². The molecule has 0 bridgehead atoms. The Morgan fingerprint density at radius 1 is 1.22 bits per heavy atom. The van der Waals surface area contributed by atoms with Crippen molar-refractivity contribution in [1.82, 2.24) is 4.57 Å². The zero-order valence-electron chi connectivity index (χ0n) is 21.9. The lowest BCUT2D eigenvalue weighted by Gasteiger charge is -2.25. The summed E-state index contributed by atoms with van der Waals surface area (Å²) in [6.07, 6.45) is 1.58. The first-order valence-electron chi connectivity index (χ1n) is 12.3. The Morgan fingerprint density at radius 3 is 2.68 bits per heavy atom. The summed E-state index contributed by atoms with van der Waals surface area (Å²) in [6.45, 7) is 3.59. The maximum Gasteiger partial charge on any atom is 0.338 e. The Hall–Kier alpha value is -3.93. The van der Waals surface area contributed by atoms with E-state index in [1.807, 2.05) is 0 Å². The molecule has 1 aliphatic rings. The molecular weight excluding hydrogens is 636 g/mol. The molecule has 0 aliphatic carbocycles. The number of thiazole rings is 1. The number of carboxylic acids is 1. The molecule has 12 heteroatoms. The van der Waals surface area contributed by atoms with Crippen LogP contribution >= 0.6 is 38.9 Å². The number of methoxy groups -OCH3 is 1. The molecule has 210 valence electrons. The number of aromatic carboxylic acids is 1. The van der Waals surface area contributed by atoms with Crippen molar-refractivity contribution in [3.05, 3.63) is 106 Å². The van der Waals surface area contributed by atoms with Crippen LogP contribution in [0.5, 0.6) is 5.75 Å². The third-order valence-electron chi connectivity index (χ3n) is 6.39. The summed E-state index contributed by atoms with van der Waals surface area (Å²) in [7, 11) is 1.55. The Labute approximate surface area is 250 Å². The molecule has 0 fully saturated rings. The molecule has 3 heterocycles. The van der Waals surface area contributed by atoms with Crippen molar-refractivity contribution in [2.45, 2.75) is 19.9 Å². The van der Waals surface area contributed by atoms with E-state index in [0.29, 0.717) is 52.9 Å². The van der Waals surface area contributed by atoms with Crippen LogP contribution in [0.15, 0.2) is 78.5 Å². The van der Waals surface area contributed by atoms with E-state index >= 15 is 0 Å². The highest BCUT2D eigenvalue weighted by Crippen LogP contribution is 2.35. The first-order chi connectivity index (χ1) is 19.6. The van der Waals surface area contributed by atoms with Crippen molar-refractivity contribution < 1.29 is 28.6 Å². The van der Waals surface area contributed by atoms with E-state index in [2.05, 4.69) is 20.9 Å². The molecule has 0 radical (unpaired) electrons. The lowest BCUT2D eigenvalue weighted by Crippen LogP contribution is -2.39. The highest BCUT2D eigenvalue weighted by molar-refractivity contribution is 9.10. The van der Waals surface area contributed by atoms with Gasteiger partial charge in [0.05, 0.1) is 50.6 Å². The Kier molecular flexibility index (Phi) is 8.03. The van der Waals surface area contributed by atoms with Crippen LogP contribution in [-0.2, 0) is 9.53 Å². The molecule has 4 aromatic rings. The number of hydrogen-bond acceptors (Lipinski definition) is 8. The molecule has 9 nitrogen and oxygen atoms in total. The largest absolute Gasteiger partial charge is 0.496 e. The van der Waals surface area contributed by atoms with E-state index in [1.165, 1.54) is 22.8 Å². The van der Waals surface area contributed by atoms with Gasteiger partial charge in [-0.3, -0.25) is 9.36 Å². The summed E-state index contributed by atoms with van der Waals surface area (Å²) in [5.74, 6) is -0.351. The Bertz CT molecular complexity index is 1920. The number of hydrogen-bond donors (Lipinski definition) is 1. The van der Waals surface area contributed by atoms with Gasteiger partial charge in [-0.15, -0.1) is 0 Å². The zero-order valence-corrected chi connectivity index (χ0v) is 25.1. The molecule has 0 amide bonds. The summed E-state index contributed by atoms with van der Waals surface area (Å²) in [4.78, 5) is 43.3. The van der Waals surface area contributed by atoms with Crippen LogP contribution in [0, 0.1) is 0 Å². The van der Waals surface area contributed by atoms with Crippen LogP contribution in [0.25, 0.3) is 17.4 Å². The van der Waals surface area contributed by atoms with Gasteiger partial charge in [0.1, 0.15) is 17.3 Å². The van der Waals surface area contributed by atoms with E-state index in [4.69, 9.17) is 25.5 Å². The van der Waals surface area contributed by atoms with Crippen LogP contribution in [0.2, 0.25) is 5.02 Å². The van der Waals surface area contributed by atoms with E-state index in [9.17, 15) is 19.5 Å². The number of halogens is 2. The topological polar surface area (TPSA) is 120 Å². The third-order valence-corrected chi connectivity index (χ3v) is 8.32. The second-order valence-corrected chi connectivity index (χ2v) is 11.2. The highest BCUT2D eigenvalue weighted by atomic mass is 79.9. The van der Waals surface area contributed by atoms with E-state index < -0.39 is 18.0 Å². The fourth-order valence-corrected chi connectivity index (χ4v) is 6.31. The minimum absolute atomic E-state index is 0.0635. The third kappa shape index (κ3) is 5.40. The molecule has 0 unspecified atom stereocenters. The van der Waals surface area contributed by atoms with Gasteiger partial charge in [0, 0.05) is 11.6 Å². The summed E-state index contributed by atoms with van der Waals surface area (Å²) in [6, 6.07) is 12.2. The quantitative estimate of drug-likeness (QED) is 0.272. The van der Waals surface area contributed by atoms with Gasteiger partial charge in [0.2, 0.25) is 0 Å². The predicted molar refractivity (Wildman–Crippen MR) is 157 cm³/mol. The summed E-state index contributed by atoms with van der Waals surface area (Å²) in [5, 5.41) is 9.66. The number of benzene rings is 2. The first-order valence-corrected chi connectivity index (χ1v) is 14.3. The average molecular weight is 658 g/mol. The van der Waals surface area contributed by atoms with Crippen molar-refractivity contribution in [2.24, 2.45) is 4.99 Å². The number of allylic oxidation sites excluding steroid dienone is 1. The molecule has 41 heavy (non-hydrogen) atoms. The molecule has 1 N–H and O–H groups in total. The second kappa shape index (κ2) is 11.5. The standard InChI is InChI=1S/C29H22BrClN2O7S/c1-4-39-28(37)24-14(2)32-29-33(25(24)15-6-9-22(38-3)19(30)12-15)26(34)23(41-29)13-17-7-10-21(40-17)18-11-16(27(35)36)5-8-20(18)31/h5-13,25H,4H2,1-3H3,(H,35,36)/b23-13-/t25-/m0/s1. The molecule has 5 rings (SSSR count). The smallest absolute Gasteiger partial charge is 0.338 e. The van der Waals surface area contributed by atoms with Crippen LogP contribution in [0.3, 0.4) is 0 Å².